The molecule has 24 heavy (non-hydrogen) atoms. The van der Waals surface area contributed by atoms with E-state index in [4.69, 9.17) is 9.47 Å². The number of imidazole rings is 1. The van der Waals surface area contributed by atoms with Crippen LogP contribution in [0.15, 0.2) is 11.1 Å². The highest BCUT2D eigenvalue weighted by Gasteiger charge is 2.53. The lowest BCUT2D eigenvalue weighted by atomic mass is 9.96. The monoisotopic (exact) mass is 338 g/mol. The van der Waals surface area contributed by atoms with Crippen molar-refractivity contribution in [3.8, 4) is 0 Å². The summed E-state index contributed by atoms with van der Waals surface area (Å²) in [5, 5.41) is 21.1. The Hall–Kier alpha value is -1.81. The average molecular weight is 338 g/mol. The molecule has 3 N–H and O–H groups in total. The highest BCUT2D eigenvalue weighted by molar-refractivity contribution is 5.69. The smallest absolute Gasteiger partial charge is 0.279 e. The first kappa shape index (κ1) is 17.0. The number of nitrogens with zero attached hydrogens (tertiary/aromatic N) is 3. The Kier molecular flexibility index (Phi) is 4.20. The van der Waals surface area contributed by atoms with Crippen LogP contribution in [0.1, 0.15) is 32.8 Å². The van der Waals surface area contributed by atoms with Crippen LogP contribution in [0.3, 0.4) is 0 Å². The lowest BCUT2D eigenvalue weighted by Crippen LogP contribution is -2.44. The van der Waals surface area contributed by atoms with E-state index in [-0.39, 0.29) is 23.8 Å². The molecule has 1 fully saturated rings. The first-order chi connectivity index (χ1) is 11.2. The van der Waals surface area contributed by atoms with Crippen LogP contribution >= 0.6 is 0 Å². The fourth-order valence-corrected chi connectivity index (χ4v) is 2.87. The Morgan fingerprint density at radius 3 is 2.92 bits per heavy atom. The third kappa shape index (κ3) is 2.73. The molecular formula is C15H22N4O5. The molecule has 3 heterocycles. The van der Waals surface area contributed by atoms with Crippen molar-refractivity contribution in [3.05, 3.63) is 22.5 Å². The second kappa shape index (κ2) is 5.92. The van der Waals surface area contributed by atoms with Gasteiger partial charge in [0.1, 0.15) is 23.6 Å². The van der Waals surface area contributed by atoms with Crippen LogP contribution in [0.5, 0.6) is 0 Å². The van der Waals surface area contributed by atoms with Crippen molar-refractivity contribution in [1.29, 1.82) is 0 Å². The number of aliphatic hydroxyl groups is 2. The fourth-order valence-electron chi connectivity index (χ4n) is 2.87. The maximum atomic E-state index is 12.0. The average Bonchev–Trinajstić information content (AvgIpc) is 2.98. The van der Waals surface area contributed by atoms with Crippen molar-refractivity contribution in [2.24, 2.45) is 0 Å². The predicted molar refractivity (Wildman–Crippen MR) is 84.5 cm³/mol. The summed E-state index contributed by atoms with van der Waals surface area (Å²) in [5.41, 5.74) is -1.51. The molecule has 1 aliphatic rings. The molecule has 9 nitrogen and oxygen atoms in total. The number of nitrogens with one attached hydrogen (secondary N) is 1. The van der Waals surface area contributed by atoms with Gasteiger partial charge < -0.3 is 24.7 Å². The molecule has 1 unspecified atom stereocenters. The lowest BCUT2D eigenvalue weighted by molar-refractivity contribution is -0.0977. The van der Waals surface area contributed by atoms with Gasteiger partial charge in [0.25, 0.3) is 5.56 Å². The second-order valence-electron chi connectivity index (χ2n) is 6.56. The van der Waals surface area contributed by atoms with Crippen LogP contribution in [-0.2, 0) is 9.47 Å². The Balaban J connectivity index is 1.98. The number of aryl methyl sites for hydroxylation is 1. The summed E-state index contributed by atoms with van der Waals surface area (Å²) < 4.78 is 12.8. The first-order valence-corrected chi connectivity index (χ1v) is 7.82. The molecule has 4 atom stereocenters. The second-order valence-corrected chi connectivity index (χ2v) is 6.56. The molecule has 1 aliphatic heterocycles. The number of aliphatic hydroxyl groups excluding tert-OH is 1. The van der Waals surface area contributed by atoms with E-state index in [1.807, 2.05) is 13.8 Å². The third-order valence-corrected chi connectivity index (χ3v) is 4.15. The third-order valence-electron chi connectivity index (χ3n) is 4.15. The quantitative estimate of drug-likeness (QED) is 0.709. The minimum Gasteiger partial charge on any atom is -0.387 e. The number of aromatic nitrogens is 4. The van der Waals surface area contributed by atoms with Crippen LogP contribution in [0.2, 0.25) is 0 Å². The molecule has 3 rings (SSSR count). The standard InChI is InChI=1S/C15H22N4O5/c1-7(2)23-5-9-11(20)15(4,22)14(24-9)19-6-16-10-12(19)17-8(3)18-13(10)21/h6-7,9,11,14,20,22H,5H2,1-4H3,(H,17,18,21)/t9-,11-,14?,15-/m1/s1. The van der Waals surface area contributed by atoms with Gasteiger partial charge in [0.15, 0.2) is 17.4 Å². The van der Waals surface area contributed by atoms with Crippen molar-refractivity contribution in [2.45, 2.75) is 57.8 Å². The summed E-state index contributed by atoms with van der Waals surface area (Å²) in [7, 11) is 0. The normalized spacial score (nSPS) is 30.5. The number of H-pyrrole nitrogens is 1. The van der Waals surface area contributed by atoms with Gasteiger partial charge in [-0.3, -0.25) is 9.36 Å². The van der Waals surface area contributed by atoms with Crippen LogP contribution in [-0.4, -0.2) is 60.3 Å². The zero-order valence-electron chi connectivity index (χ0n) is 14.1. The zero-order chi connectivity index (χ0) is 17.6. The van der Waals surface area contributed by atoms with E-state index in [0.29, 0.717) is 11.5 Å². The SMILES string of the molecule is Cc1nc2c(ncn2C2O[C@H](COC(C)C)[C@@H](O)[C@@]2(C)O)c(=O)[nH]1. The Morgan fingerprint density at radius 2 is 2.25 bits per heavy atom. The summed E-state index contributed by atoms with van der Waals surface area (Å²) in [6, 6.07) is 0. The van der Waals surface area contributed by atoms with Gasteiger partial charge >= 0.3 is 0 Å². The highest BCUT2D eigenvalue weighted by atomic mass is 16.6. The molecule has 132 valence electrons. The van der Waals surface area contributed by atoms with Crippen LogP contribution in [0.4, 0.5) is 0 Å². The van der Waals surface area contributed by atoms with Gasteiger partial charge in [0, 0.05) is 0 Å². The van der Waals surface area contributed by atoms with E-state index in [1.165, 1.54) is 17.8 Å². The molecular weight excluding hydrogens is 316 g/mol. The highest BCUT2D eigenvalue weighted by Crippen LogP contribution is 2.39. The Bertz CT molecular complexity index is 797. The molecule has 0 amide bonds. The zero-order valence-corrected chi connectivity index (χ0v) is 14.1. The largest absolute Gasteiger partial charge is 0.387 e. The number of aromatic amines is 1. The minimum atomic E-state index is -1.59. The molecule has 0 radical (unpaired) electrons. The van der Waals surface area contributed by atoms with E-state index in [0.717, 1.165) is 0 Å². The minimum absolute atomic E-state index is 0.0262. The van der Waals surface area contributed by atoms with Crippen LogP contribution in [0.25, 0.3) is 11.2 Å². The maximum Gasteiger partial charge on any atom is 0.279 e. The number of hydrogen-bond acceptors (Lipinski definition) is 7. The van der Waals surface area contributed by atoms with Crippen molar-refractivity contribution in [1.82, 2.24) is 19.5 Å². The molecule has 2 aromatic heterocycles. The summed E-state index contributed by atoms with van der Waals surface area (Å²) in [4.78, 5) is 22.8. The molecule has 9 heteroatoms. The molecule has 0 aromatic carbocycles. The fraction of sp³-hybridized carbons (Fsp3) is 0.667. The van der Waals surface area contributed by atoms with Gasteiger partial charge in [0.05, 0.1) is 19.0 Å². The van der Waals surface area contributed by atoms with Gasteiger partial charge in [-0.25, -0.2) is 9.97 Å². The van der Waals surface area contributed by atoms with Gasteiger partial charge in [-0.15, -0.1) is 0 Å². The topological polar surface area (TPSA) is 122 Å². The van der Waals surface area contributed by atoms with Crippen molar-refractivity contribution < 1.29 is 19.7 Å². The first-order valence-electron chi connectivity index (χ1n) is 7.82. The van der Waals surface area contributed by atoms with Crippen molar-refractivity contribution >= 4 is 11.2 Å². The molecule has 2 aromatic rings. The van der Waals surface area contributed by atoms with Gasteiger partial charge in [-0.2, -0.15) is 0 Å². The van der Waals surface area contributed by atoms with E-state index in [1.54, 1.807) is 6.92 Å². The summed E-state index contributed by atoms with van der Waals surface area (Å²) in [6.07, 6.45) is -1.44. The Morgan fingerprint density at radius 1 is 1.54 bits per heavy atom. The van der Waals surface area contributed by atoms with Gasteiger partial charge in [-0.1, -0.05) is 0 Å². The van der Waals surface area contributed by atoms with Crippen molar-refractivity contribution in [3.63, 3.8) is 0 Å². The predicted octanol–water partition coefficient (Wildman–Crippen LogP) is -0.138. The number of rotatable bonds is 4. The van der Waals surface area contributed by atoms with E-state index in [2.05, 4.69) is 15.0 Å². The van der Waals surface area contributed by atoms with E-state index in [9.17, 15) is 15.0 Å². The summed E-state index contributed by atoms with van der Waals surface area (Å²) in [6.45, 7) is 7.02. The van der Waals surface area contributed by atoms with E-state index >= 15 is 0 Å². The lowest BCUT2D eigenvalue weighted by Gasteiger charge is -2.27. The Labute approximate surface area is 138 Å². The molecule has 1 saturated heterocycles. The number of ether oxygens (including phenoxy) is 2. The van der Waals surface area contributed by atoms with E-state index < -0.39 is 24.0 Å². The maximum absolute atomic E-state index is 12.0. The summed E-state index contributed by atoms with van der Waals surface area (Å²) in [5.74, 6) is 0.423. The summed E-state index contributed by atoms with van der Waals surface area (Å²) >= 11 is 0. The molecule has 0 bridgehead atoms. The van der Waals surface area contributed by atoms with Gasteiger partial charge in [0.2, 0.25) is 0 Å². The number of fused-ring (bicyclic) bond motifs is 1. The van der Waals surface area contributed by atoms with Crippen molar-refractivity contribution in [2.75, 3.05) is 6.61 Å². The molecule has 0 aliphatic carbocycles. The van der Waals surface area contributed by atoms with Gasteiger partial charge in [-0.05, 0) is 27.7 Å². The van der Waals surface area contributed by atoms with Crippen LogP contribution < -0.4 is 5.56 Å². The molecule has 0 spiro atoms. The van der Waals surface area contributed by atoms with Crippen LogP contribution in [0, 0.1) is 6.92 Å². The molecule has 0 saturated carbocycles. The number of hydrogen-bond donors (Lipinski definition) is 3.